The van der Waals surface area contributed by atoms with Gasteiger partial charge in [-0.15, -0.1) is 0 Å². The van der Waals surface area contributed by atoms with Crippen LogP contribution < -0.4 is 0 Å². The zero-order valence-corrected chi connectivity index (χ0v) is 13.3. The van der Waals surface area contributed by atoms with E-state index in [0.717, 1.165) is 12.8 Å². The zero-order valence-electron chi connectivity index (χ0n) is 13.3. The second kappa shape index (κ2) is 6.06. The van der Waals surface area contributed by atoms with Crippen molar-refractivity contribution in [3.8, 4) is 0 Å². The molecule has 3 N–H and O–H groups in total. The van der Waals surface area contributed by atoms with E-state index in [9.17, 15) is 20.1 Å². The molecule has 0 spiro atoms. The molecule has 3 saturated carbocycles. The van der Waals surface area contributed by atoms with Gasteiger partial charge in [0.2, 0.25) is 0 Å². The topological polar surface area (TPSA) is 77.8 Å². The number of rotatable bonds is 3. The molecule has 0 aromatic carbocycles. The molecule has 0 amide bonds. The number of fused-ring (bicyclic) bond motifs is 1. The molecule has 6 atom stereocenters. The molecule has 0 heterocycles. The Labute approximate surface area is 132 Å². The van der Waals surface area contributed by atoms with Gasteiger partial charge in [-0.3, -0.25) is 4.79 Å². The first kappa shape index (κ1) is 16.2. The van der Waals surface area contributed by atoms with Crippen LogP contribution in [0.1, 0.15) is 51.9 Å². The third kappa shape index (κ3) is 2.55. The van der Waals surface area contributed by atoms with Gasteiger partial charge in [-0.05, 0) is 31.6 Å². The molecule has 0 aromatic rings. The molecule has 0 aromatic heterocycles. The largest absolute Gasteiger partial charge is 0.393 e. The fourth-order valence-electron chi connectivity index (χ4n) is 4.90. The zero-order chi connectivity index (χ0) is 15.9. The highest BCUT2D eigenvalue weighted by Crippen LogP contribution is 2.52. The van der Waals surface area contributed by atoms with Crippen molar-refractivity contribution in [3.05, 3.63) is 12.2 Å². The van der Waals surface area contributed by atoms with Gasteiger partial charge in [0.25, 0.3) is 0 Å². The van der Waals surface area contributed by atoms with Crippen LogP contribution >= 0.6 is 0 Å². The molecule has 0 aliphatic heterocycles. The van der Waals surface area contributed by atoms with Crippen LogP contribution in [-0.2, 0) is 4.79 Å². The number of carbonyl (C=O) groups is 1. The lowest BCUT2D eigenvalue weighted by Crippen LogP contribution is -2.68. The highest BCUT2D eigenvalue weighted by atomic mass is 16.3. The van der Waals surface area contributed by atoms with Crippen molar-refractivity contribution < 1.29 is 20.1 Å². The van der Waals surface area contributed by atoms with Gasteiger partial charge in [0.1, 0.15) is 5.60 Å². The number of hydrogen-bond acceptors (Lipinski definition) is 4. The predicted octanol–water partition coefficient (Wildman–Crippen LogP) is 1.82. The van der Waals surface area contributed by atoms with E-state index in [0.29, 0.717) is 18.8 Å². The van der Waals surface area contributed by atoms with Crippen LogP contribution in [0.25, 0.3) is 0 Å². The van der Waals surface area contributed by atoms with E-state index in [1.54, 1.807) is 6.08 Å². The summed E-state index contributed by atoms with van der Waals surface area (Å²) in [7, 11) is 0. The summed E-state index contributed by atoms with van der Waals surface area (Å²) in [6.07, 6.45) is 9.17. The van der Waals surface area contributed by atoms with E-state index in [4.69, 9.17) is 0 Å². The number of carbonyl (C=O) groups excluding carboxylic acids is 1. The third-order valence-corrected chi connectivity index (χ3v) is 6.27. The quantitative estimate of drug-likeness (QED) is 0.695. The number of hydrogen-bond donors (Lipinski definition) is 3. The Hall–Kier alpha value is -0.710. The fraction of sp³-hybridized carbons (Fsp3) is 0.833. The Morgan fingerprint density at radius 2 is 1.91 bits per heavy atom. The summed E-state index contributed by atoms with van der Waals surface area (Å²) in [6, 6.07) is 0. The summed E-state index contributed by atoms with van der Waals surface area (Å²) in [6.45, 7) is 1.83. The Balaban J connectivity index is 1.69. The van der Waals surface area contributed by atoms with Gasteiger partial charge in [0, 0.05) is 17.8 Å². The van der Waals surface area contributed by atoms with Crippen molar-refractivity contribution in [2.45, 2.75) is 69.7 Å². The molecule has 3 rings (SSSR count). The lowest BCUT2D eigenvalue weighted by Gasteiger charge is -2.56. The molecule has 3 fully saturated rings. The van der Waals surface area contributed by atoms with Gasteiger partial charge < -0.3 is 15.3 Å². The monoisotopic (exact) mass is 308 g/mol. The van der Waals surface area contributed by atoms with Gasteiger partial charge >= 0.3 is 0 Å². The van der Waals surface area contributed by atoms with Gasteiger partial charge in [0.15, 0.2) is 5.78 Å². The summed E-state index contributed by atoms with van der Waals surface area (Å²) in [5.41, 5.74) is -1.25. The Morgan fingerprint density at radius 3 is 2.59 bits per heavy atom. The van der Waals surface area contributed by atoms with Crippen LogP contribution in [0.2, 0.25) is 0 Å². The van der Waals surface area contributed by atoms with E-state index in [-0.39, 0.29) is 23.5 Å². The molecule has 3 aliphatic rings. The molecular weight excluding hydrogens is 280 g/mol. The molecular formula is C18H28O4. The fourth-order valence-corrected chi connectivity index (χ4v) is 4.90. The van der Waals surface area contributed by atoms with Crippen LogP contribution in [0.5, 0.6) is 0 Å². The first-order valence-corrected chi connectivity index (χ1v) is 8.76. The minimum atomic E-state index is -1.25. The van der Waals surface area contributed by atoms with Crippen molar-refractivity contribution in [1.29, 1.82) is 0 Å². The summed E-state index contributed by atoms with van der Waals surface area (Å²) < 4.78 is 0. The van der Waals surface area contributed by atoms with E-state index in [1.165, 1.54) is 19.3 Å². The van der Waals surface area contributed by atoms with Crippen LogP contribution in [0.15, 0.2) is 12.2 Å². The van der Waals surface area contributed by atoms with Crippen molar-refractivity contribution in [2.75, 3.05) is 0 Å². The van der Waals surface area contributed by atoms with Gasteiger partial charge in [-0.1, -0.05) is 38.3 Å². The molecule has 1 unspecified atom stereocenters. The second-order valence-corrected chi connectivity index (χ2v) is 7.56. The van der Waals surface area contributed by atoms with Gasteiger partial charge in [-0.25, -0.2) is 0 Å². The maximum atomic E-state index is 12.0. The first-order valence-electron chi connectivity index (χ1n) is 8.76. The number of aliphatic hydroxyl groups is 3. The molecule has 0 radical (unpaired) electrons. The second-order valence-electron chi connectivity index (χ2n) is 7.56. The molecule has 4 heteroatoms. The van der Waals surface area contributed by atoms with E-state index in [1.807, 2.05) is 13.0 Å². The van der Waals surface area contributed by atoms with Crippen LogP contribution in [0, 0.1) is 23.7 Å². The average Bonchev–Trinajstić information content (AvgIpc) is 2.55. The van der Waals surface area contributed by atoms with Crippen molar-refractivity contribution in [3.63, 3.8) is 0 Å². The highest BCUT2D eigenvalue weighted by molar-refractivity contribution is 5.96. The molecule has 0 bridgehead atoms. The van der Waals surface area contributed by atoms with Crippen molar-refractivity contribution in [2.24, 2.45) is 23.7 Å². The minimum Gasteiger partial charge on any atom is -0.393 e. The minimum absolute atomic E-state index is 0.0874. The van der Waals surface area contributed by atoms with Crippen LogP contribution in [0.3, 0.4) is 0 Å². The highest BCUT2D eigenvalue weighted by Gasteiger charge is 2.63. The van der Waals surface area contributed by atoms with Crippen molar-refractivity contribution in [1.82, 2.24) is 0 Å². The molecule has 124 valence electrons. The SMILES string of the molecule is CC1C(=O)[C@@]2(O)CC[C@@H](O)[C@H](/C=C/[C@@H](O)C3CCCCC3)[C@@H]12. The summed E-state index contributed by atoms with van der Waals surface area (Å²) in [4.78, 5) is 12.0. The molecule has 22 heavy (non-hydrogen) atoms. The molecule has 0 saturated heterocycles. The van der Waals surface area contributed by atoms with Crippen molar-refractivity contribution >= 4 is 5.78 Å². The Morgan fingerprint density at radius 1 is 1.23 bits per heavy atom. The number of aliphatic hydroxyl groups excluding tert-OH is 2. The maximum absolute atomic E-state index is 12.0. The molecule has 3 aliphatic carbocycles. The van der Waals surface area contributed by atoms with Gasteiger partial charge in [-0.2, -0.15) is 0 Å². The number of ketones is 1. The van der Waals surface area contributed by atoms with Crippen LogP contribution in [-0.4, -0.2) is 38.9 Å². The predicted molar refractivity (Wildman–Crippen MR) is 83.1 cm³/mol. The lowest BCUT2D eigenvalue weighted by molar-refractivity contribution is -0.197. The maximum Gasteiger partial charge on any atom is 0.167 e. The molecule has 4 nitrogen and oxygen atoms in total. The first-order chi connectivity index (χ1) is 10.4. The van der Waals surface area contributed by atoms with Crippen LogP contribution in [0.4, 0.5) is 0 Å². The lowest BCUT2D eigenvalue weighted by atomic mass is 9.50. The van der Waals surface area contributed by atoms with E-state index < -0.39 is 17.8 Å². The Bertz CT molecular complexity index is 454. The third-order valence-electron chi connectivity index (χ3n) is 6.27. The summed E-state index contributed by atoms with van der Waals surface area (Å²) >= 11 is 0. The number of Topliss-reactive ketones (excluding diaryl/α,β-unsaturated/α-hetero) is 1. The van der Waals surface area contributed by atoms with E-state index in [2.05, 4.69) is 0 Å². The van der Waals surface area contributed by atoms with Gasteiger partial charge in [0.05, 0.1) is 12.2 Å². The average molecular weight is 308 g/mol. The standard InChI is InChI=1S/C18H28O4/c1-11-16-13(15(20)9-10-18(16,22)17(11)21)7-8-14(19)12-5-3-2-4-6-12/h7-8,11-16,19-20,22H,2-6,9-10H2,1H3/b8-7+/t11?,13-,14+,15+,16+,18+/m0/s1. The summed E-state index contributed by atoms with van der Waals surface area (Å²) in [5.74, 6) is -0.426. The Kier molecular flexibility index (Phi) is 4.45. The van der Waals surface area contributed by atoms with E-state index >= 15 is 0 Å². The smallest absolute Gasteiger partial charge is 0.167 e. The summed E-state index contributed by atoms with van der Waals surface area (Å²) in [5, 5.41) is 31.1. The normalized spacial score (nSPS) is 44.6.